The van der Waals surface area contributed by atoms with Crippen molar-refractivity contribution in [3.63, 3.8) is 0 Å². The van der Waals surface area contributed by atoms with Crippen molar-refractivity contribution in [3.05, 3.63) is 34.9 Å². The number of nitrogens with zero attached hydrogens (tertiary/aromatic N) is 2. The Morgan fingerprint density at radius 3 is 2.13 bits per heavy atom. The van der Waals surface area contributed by atoms with Gasteiger partial charge in [-0.3, -0.25) is 9.69 Å². The fourth-order valence-electron chi connectivity index (χ4n) is 2.85. The van der Waals surface area contributed by atoms with Crippen LogP contribution in [0.1, 0.15) is 39.3 Å². The third-order valence-electron chi connectivity index (χ3n) is 4.73. The van der Waals surface area contributed by atoms with E-state index in [0.717, 1.165) is 31.2 Å². The van der Waals surface area contributed by atoms with E-state index in [1.165, 1.54) is 5.56 Å². The highest BCUT2D eigenvalue weighted by atomic mass is 35.5. The van der Waals surface area contributed by atoms with E-state index in [9.17, 15) is 4.79 Å². The average Bonchev–Trinajstić information content (AvgIpc) is 2.53. The first-order chi connectivity index (χ1) is 10.7. The van der Waals surface area contributed by atoms with Crippen LogP contribution in [0.5, 0.6) is 0 Å². The lowest BCUT2D eigenvalue weighted by atomic mass is 9.86. The highest BCUT2D eigenvalue weighted by Crippen LogP contribution is 2.24. The van der Waals surface area contributed by atoms with Crippen LogP contribution < -0.4 is 5.73 Å². The molecule has 1 unspecified atom stereocenters. The molecule has 1 fully saturated rings. The molecular formula is C18H28ClN3O. The molecule has 2 atom stereocenters. The second-order valence-corrected chi connectivity index (χ2v) is 7.87. The Balaban J connectivity index is 1.93. The van der Waals surface area contributed by atoms with Crippen molar-refractivity contribution < 1.29 is 4.79 Å². The van der Waals surface area contributed by atoms with Crippen molar-refractivity contribution in [2.75, 3.05) is 26.2 Å². The van der Waals surface area contributed by atoms with Gasteiger partial charge in [-0.05, 0) is 30.0 Å². The standard InChI is InChI=1S/C18H28ClN3O/c1-13(14-5-7-15(19)8-6-14)21-9-11-22(12-10-21)17(23)16(20)18(2,3)4/h5-8,13,16H,9-12,20H2,1-4H3/t13?,16-/m1/s1. The van der Waals surface area contributed by atoms with Gasteiger partial charge in [-0.15, -0.1) is 0 Å². The Labute approximate surface area is 144 Å². The van der Waals surface area contributed by atoms with Gasteiger partial charge >= 0.3 is 0 Å². The number of nitrogens with two attached hydrogens (primary N) is 1. The summed E-state index contributed by atoms with van der Waals surface area (Å²) in [7, 11) is 0. The van der Waals surface area contributed by atoms with Gasteiger partial charge in [-0.1, -0.05) is 44.5 Å². The number of amides is 1. The second kappa shape index (κ2) is 7.20. The fourth-order valence-corrected chi connectivity index (χ4v) is 2.97. The fraction of sp³-hybridized carbons (Fsp3) is 0.611. The molecule has 0 spiro atoms. The van der Waals surface area contributed by atoms with Gasteiger partial charge in [0.05, 0.1) is 6.04 Å². The summed E-state index contributed by atoms with van der Waals surface area (Å²) in [5.74, 6) is 0.0660. The van der Waals surface area contributed by atoms with Crippen molar-refractivity contribution in [3.8, 4) is 0 Å². The van der Waals surface area contributed by atoms with Crippen LogP contribution in [0.4, 0.5) is 0 Å². The number of benzene rings is 1. The maximum absolute atomic E-state index is 12.5. The molecule has 4 nitrogen and oxygen atoms in total. The lowest BCUT2D eigenvalue weighted by Gasteiger charge is -2.40. The summed E-state index contributed by atoms with van der Waals surface area (Å²) in [6.07, 6.45) is 0. The van der Waals surface area contributed by atoms with Crippen LogP contribution in [-0.4, -0.2) is 47.9 Å². The van der Waals surface area contributed by atoms with E-state index in [-0.39, 0.29) is 11.3 Å². The molecule has 0 aromatic heterocycles. The first kappa shape index (κ1) is 18.2. The molecule has 1 aliphatic heterocycles. The summed E-state index contributed by atoms with van der Waals surface area (Å²) in [4.78, 5) is 16.8. The Morgan fingerprint density at radius 2 is 1.65 bits per heavy atom. The Bertz CT molecular complexity index is 530. The van der Waals surface area contributed by atoms with Gasteiger partial charge in [0.25, 0.3) is 0 Å². The van der Waals surface area contributed by atoms with Crippen LogP contribution >= 0.6 is 11.6 Å². The van der Waals surface area contributed by atoms with Gasteiger partial charge in [-0.2, -0.15) is 0 Å². The topological polar surface area (TPSA) is 49.6 Å². The highest BCUT2D eigenvalue weighted by Gasteiger charge is 2.33. The van der Waals surface area contributed by atoms with Gasteiger partial charge in [-0.25, -0.2) is 0 Å². The molecule has 1 aromatic rings. The maximum atomic E-state index is 12.5. The molecule has 2 rings (SSSR count). The lowest BCUT2D eigenvalue weighted by Crippen LogP contribution is -2.56. The summed E-state index contributed by atoms with van der Waals surface area (Å²) in [6.45, 7) is 11.4. The van der Waals surface area contributed by atoms with E-state index in [0.29, 0.717) is 6.04 Å². The first-order valence-corrected chi connectivity index (χ1v) is 8.62. The monoisotopic (exact) mass is 337 g/mol. The molecule has 1 saturated heterocycles. The number of hydrogen-bond donors (Lipinski definition) is 1. The van der Waals surface area contributed by atoms with Gasteiger partial charge in [0.1, 0.15) is 0 Å². The van der Waals surface area contributed by atoms with E-state index >= 15 is 0 Å². The first-order valence-electron chi connectivity index (χ1n) is 8.24. The smallest absolute Gasteiger partial charge is 0.240 e. The Morgan fingerprint density at radius 1 is 1.13 bits per heavy atom. The Kier molecular flexibility index (Phi) is 5.71. The predicted octanol–water partition coefficient (Wildman–Crippen LogP) is 2.92. The molecule has 1 amide bonds. The van der Waals surface area contributed by atoms with Crippen LogP contribution in [0.3, 0.4) is 0 Å². The number of carbonyl (C=O) groups is 1. The normalized spacial score (nSPS) is 19.5. The molecule has 0 bridgehead atoms. The largest absolute Gasteiger partial charge is 0.339 e. The average molecular weight is 338 g/mol. The quantitative estimate of drug-likeness (QED) is 0.922. The lowest BCUT2D eigenvalue weighted by molar-refractivity contribution is -0.137. The molecule has 1 aromatic carbocycles. The highest BCUT2D eigenvalue weighted by molar-refractivity contribution is 6.30. The molecule has 0 radical (unpaired) electrons. The predicted molar refractivity (Wildman–Crippen MR) is 95.5 cm³/mol. The summed E-state index contributed by atoms with van der Waals surface area (Å²) in [5, 5.41) is 0.757. The summed E-state index contributed by atoms with van der Waals surface area (Å²) < 4.78 is 0. The SMILES string of the molecule is CC(c1ccc(Cl)cc1)N1CCN(C(=O)[C@@H](N)C(C)(C)C)CC1. The van der Waals surface area contributed by atoms with Crippen LogP contribution in [0, 0.1) is 5.41 Å². The van der Waals surface area contributed by atoms with Gasteiger partial charge in [0.15, 0.2) is 0 Å². The second-order valence-electron chi connectivity index (χ2n) is 7.43. The third kappa shape index (κ3) is 4.46. The van der Waals surface area contributed by atoms with E-state index in [1.807, 2.05) is 37.8 Å². The van der Waals surface area contributed by atoms with Crippen molar-refractivity contribution in [2.24, 2.45) is 11.1 Å². The van der Waals surface area contributed by atoms with Crippen molar-refractivity contribution in [1.82, 2.24) is 9.80 Å². The van der Waals surface area contributed by atoms with Crippen LogP contribution in [-0.2, 0) is 4.79 Å². The van der Waals surface area contributed by atoms with E-state index < -0.39 is 6.04 Å². The van der Waals surface area contributed by atoms with E-state index in [4.69, 9.17) is 17.3 Å². The molecule has 5 heteroatoms. The van der Waals surface area contributed by atoms with Crippen LogP contribution in [0.25, 0.3) is 0 Å². The number of piperazine rings is 1. The van der Waals surface area contributed by atoms with Gasteiger partial charge < -0.3 is 10.6 Å². The van der Waals surface area contributed by atoms with Gasteiger partial charge in [0, 0.05) is 37.2 Å². The molecule has 128 valence electrons. The van der Waals surface area contributed by atoms with E-state index in [2.05, 4.69) is 24.0 Å². The van der Waals surface area contributed by atoms with Crippen molar-refractivity contribution in [2.45, 2.75) is 39.8 Å². The van der Waals surface area contributed by atoms with Crippen molar-refractivity contribution >= 4 is 17.5 Å². The summed E-state index contributed by atoms with van der Waals surface area (Å²) in [6, 6.07) is 7.87. The number of rotatable bonds is 3. The zero-order valence-electron chi connectivity index (χ0n) is 14.6. The zero-order valence-corrected chi connectivity index (χ0v) is 15.3. The number of halogens is 1. The van der Waals surface area contributed by atoms with Gasteiger partial charge in [0.2, 0.25) is 5.91 Å². The minimum Gasteiger partial charge on any atom is -0.339 e. The number of hydrogen-bond acceptors (Lipinski definition) is 3. The molecular weight excluding hydrogens is 310 g/mol. The summed E-state index contributed by atoms with van der Waals surface area (Å²) in [5.41, 5.74) is 7.15. The van der Waals surface area contributed by atoms with E-state index in [1.54, 1.807) is 0 Å². The molecule has 23 heavy (non-hydrogen) atoms. The zero-order chi connectivity index (χ0) is 17.2. The van der Waals surface area contributed by atoms with Crippen molar-refractivity contribution in [1.29, 1.82) is 0 Å². The number of carbonyl (C=O) groups excluding carboxylic acids is 1. The van der Waals surface area contributed by atoms with Crippen LogP contribution in [0.15, 0.2) is 24.3 Å². The molecule has 2 N–H and O–H groups in total. The third-order valence-corrected chi connectivity index (χ3v) is 4.98. The minimum atomic E-state index is -0.442. The summed E-state index contributed by atoms with van der Waals surface area (Å²) >= 11 is 5.95. The maximum Gasteiger partial charge on any atom is 0.240 e. The van der Waals surface area contributed by atoms with Crippen LogP contribution in [0.2, 0.25) is 5.02 Å². The Hall–Kier alpha value is -1.10. The molecule has 1 heterocycles. The molecule has 0 aliphatic carbocycles. The molecule has 0 saturated carbocycles. The molecule has 1 aliphatic rings. The minimum absolute atomic E-state index is 0.0660.